The van der Waals surface area contributed by atoms with Gasteiger partial charge in [-0.05, 0) is 54.8 Å². The van der Waals surface area contributed by atoms with E-state index in [4.69, 9.17) is 4.74 Å². The molecular weight excluding hydrogens is 231 g/mol. The Hall–Kier alpha value is -2.03. The van der Waals surface area contributed by atoms with E-state index < -0.39 is 5.82 Å². The summed E-state index contributed by atoms with van der Waals surface area (Å²) in [5.41, 5.74) is 2.50. The largest absolute Gasteiger partial charge is 0.505 e. The molecule has 0 unspecified atom stereocenters. The number of ether oxygens (including phenoxy) is 1. The summed E-state index contributed by atoms with van der Waals surface area (Å²) < 4.78 is 18.7. The van der Waals surface area contributed by atoms with Crippen molar-refractivity contribution in [1.82, 2.24) is 0 Å². The van der Waals surface area contributed by atoms with E-state index in [1.807, 2.05) is 38.1 Å². The minimum Gasteiger partial charge on any atom is -0.505 e. The fourth-order valence-electron chi connectivity index (χ4n) is 1.87. The number of benzene rings is 2. The van der Waals surface area contributed by atoms with Gasteiger partial charge in [-0.3, -0.25) is 0 Å². The third kappa shape index (κ3) is 2.45. The number of hydrogen-bond acceptors (Lipinski definition) is 2. The summed E-state index contributed by atoms with van der Waals surface area (Å²) in [6.07, 6.45) is 0. The zero-order valence-electron chi connectivity index (χ0n) is 10.4. The lowest BCUT2D eigenvalue weighted by Gasteiger charge is -2.09. The van der Waals surface area contributed by atoms with Gasteiger partial charge in [0.2, 0.25) is 0 Å². The molecule has 0 spiro atoms. The van der Waals surface area contributed by atoms with Gasteiger partial charge in [-0.25, -0.2) is 4.39 Å². The smallest absolute Gasteiger partial charge is 0.165 e. The van der Waals surface area contributed by atoms with Gasteiger partial charge in [0.1, 0.15) is 5.75 Å². The lowest BCUT2D eigenvalue weighted by atomic mass is 10.00. The van der Waals surface area contributed by atoms with Gasteiger partial charge in [0, 0.05) is 0 Å². The van der Waals surface area contributed by atoms with Crippen LogP contribution in [0.3, 0.4) is 0 Å². The van der Waals surface area contributed by atoms with Crippen LogP contribution in [0.5, 0.6) is 11.5 Å². The van der Waals surface area contributed by atoms with Gasteiger partial charge in [0.25, 0.3) is 0 Å². The Labute approximate surface area is 106 Å². The first-order valence-corrected chi connectivity index (χ1v) is 5.84. The molecule has 0 aliphatic carbocycles. The summed E-state index contributed by atoms with van der Waals surface area (Å²) >= 11 is 0. The van der Waals surface area contributed by atoms with Gasteiger partial charge < -0.3 is 9.84 Å². The van der Waals surface area contributed by atoms with Gasteiger partial charge in [-0.15, -0.1) is 0 Å². The minimum atomic E-state index is -0.607. The monoisotopic (exact) mass is 246 g/mol. The van der Waals surface area contributed by atoms with E-state index in [0.29, 0.717) is 6.61 Å². The number of hydrogen-bond donors (Lipinski definition) is 1. The van der Waals surface area contributed by atoms with E-state index in [-0.39, 0.29) is 5.75 Å². The molecule has 2 aromatic carbocycles. The van der Waals surface area contributed by atoms with Crippen LogP contribution in [-0.4, -0.2) is 11.7 Å². The van der Waals surface area contributed by atoms with Gasteiger partial charge >= 0.3 is 0 Å². The van der Waals surface area contributed by atoms with Crippen molar-refractivity contribution in [3.05, 3.63) is 47.8 Å². The normalized spacial score (nSPS) is 10.4. The summed E-state index contributed by atoms with van der Waals surface area (Å²) in [5, 5.41) is 9.29. The Morgan fingerprint density at radius 1 is 1.17 bits per heavy atom. The first-order valence-electron chi connectivity index (χ1n) is 5.84. The van der Waals surface area contributed by atoms with Gasteiger partial charge in [0.15, 0.2) is 11.6 Å². The fraction of sp³-hybridized carbons (Fsp3) is 0.200. The molecule has 0 aliphatic heterocycles. The van der Waals surface area contributed by atoms with Crippen molar-refractivity contribution in [2.45, 2.75) is 13.8 Å². The number of rotatable bonds is 3. The van der Waals surface area contributed by atoms with Gasteiger partial charge in [-0.1, -0.05) is 12.1 Å². The second-order valence-electron chi connectivity index (χ2n) is 4.08. The molecule has 0 saturated carbocycles. The third-order valence-corrected chi connectivity index (χ3v) is 2.77. The van der Waals surface area contributed by atoms with Crippen molar-refractivity contribution in [3.8, 4) is 22.6 Å². The lowest BCUT2D eigenvalue weighted by Crippen LogP contribution is -1.91. The first-order chi connectivity index (χ1) is 8.61. The lowest BCUT2D eigenvalue weighted by molar-refractivity contribution is 0.340. The first kappa shape index (κ1) is 12.4. The Bertz CT molecular complexity index is 547. The second kappa shape index (κ2) is 5.08. The van der Waals surface area contributed by atoms with Gasteiger partial charge in [0.05, 0.1) is 6.61 Å². The molecule has 0 aliphatic rings. The van der Waals surface area contributed by atoms with Crippen LogP contribution in [0.2, 0.25) is 0 Å². The predicted octanol–water partition coefficient (Wildman–Crippen LogP) is 3.91. The maximum absolute atomic E-state index is 13.4. The molecule has 0 radical (unpaired) electrons. The van der Waals surface area contributed by atoms with Crippen LogP contribution in [0, 0.1) is 12.7 Å². The molecule has 1 N–H and O–H groups in total. The van der Waals surface area contributed by atoms with Crippen LogP contribution in [0.15, 0.2) is 36.4 Å². The highest BCUT2D eigenvalue weighted by atomic mass is 19.1. The number of halogens is 1. The Kier molecular flexibility index (Phi) is 3.51. The zero-order chi connectivity index (χ0) is 13.1. The molecule has 94 valence electrons. The third-order valence-electron chi connectivity index (χ3n) is 2.77. The molecule has 2 rings (SSSR count). The Balaban J connectivity index is 2.39. The molecule has 0 amide bonds. The maximum Gasteiger partial charge on any atom is 0.165 e. The average molecular weight is 246 g/mol. The highest BCUT2D eigenvalue weighted by Gasteiger charge is 2.08. The molecular formula is C15H15FO2. The summed E-state index contributed by atoms with van der Waals surface area (Å²) in [6.45, 7) is 4.38. The van der Waals surface area contributed by atoms with Crippen molar-refractivity contribution < 1.29 is 14.2 Å². The predicted molar refractivity (Wildman–Crippen MR) is 69.4 cm³/mol. The number of phenols is 1. The average Bonchev–Trinajstić information content (AvgIpc) is 2.35. The van der Waals surface area contributed by atoms with Gasteiger partial charge in [-0.2, -0.15) is 0 Å². The zero-order valence-corrected chi connectivity index (χ0v) is 10.4. The molecule has 0 saturated heterocycles. The van der Waals surface area contributed by atoms with Crippen molar-refractivity contribution in [2.75, 3.05) is 6.61 Å². The highest BCUT2D eigenvalue weighted by Crippen LogP contribution is 2.29. The summed E-state index contributed by atoms with van der Waals surface area (Å²) in [7, 11) is 0. The molecule has 0 aromatic heterocycles. The van der Waals surface area contributed by atoms with E-state index in [9.17, 15) is 9.50 Å². The SMILES string of the molecule is CCOc1ccc(-c2cc(F)c(O)cc2C)cc1. The van der Waals surface area contributed by atoms with Crippen LogP contribution >= 0.6 is 0 Å². The topological polar surface area (TPSA) is 29.5 Å². The Morgan fingerprint density at radius 2 is 1.83 bits per heavy atom. The maximum atomic E-state index is 13.4. The summed E-state index contributed by atoms with van der Waals surface area (Å²) in [6, 6.07) is 10.2. The summed E-state index contributed by atoms with van der Waals surface area (Å²) in [5.74, 6) is -0.134. The van der Waals surface area contributed by atoms with Crippen LogP contribution < -0.4 is 4.74 Å². The quantitative estimate of drug-likeness (QED) is 0.889. The number of aryl methyl sites for hydroxylation is 1. The van der Waals surface area contributed by atoms with E-state index in [0.717, 1.165) is 22.4 Å². The van der Waals surface area contributed by atoms with Crippen LogP contribution in [0.4, 0.5) is 4.39 Å². The van der Waals surface area contributed by atoms with Crippen LogP contribution in [0.25, 0.3) is 11.1 Å². The van der Waals surface area contributed by atoms with E-state index in [1.165, 1.54) is 12.1 Å². The molecule has 0 atom stereocenters. The molecule has 0 fully saturated rings. The van der Waals surface area contributed by atoms with Crippen LogP contribution in [-0.2, 0) is 0 Å². The van der Waals surface area contributed by atoms with Crippen LogP contribution in [0.1, 0.15) is 12.5 Å². The fourth-order valence-corrected chi connectivity index (χ4v) is 1.87. The van der Waals surface area contributed by atoms with Crippen molar-refractivity contribution in [2.24, 2.45) is 0 Å². The molecule has 3 heteroatoms. The number of aromatic hydroxyl groups is 1. The van der Waals surface area contributed by atoms with Crippen molar-refractivity contribution in [1.29, 1.82) is 0 Å². The molecule has 0 bridgehead atoms. The highest BCUT2D eigenvalue weighted by molar-refractivity contribution is 5.68. The van der Waals surface area contributed by atoms with E-state index in [1.54, 1.807) is 0 Å². The number of phenolic OH excluding ortho intramolecular Hbond substituents is 1. The van der Waals surface area contributed by atoms with E-state index in [2.05, 4.69) is 0 Å². The van der Waals surface area contributed by atoms with E-state index >= 15 is 0 Å². The molecule has 18 heavy (non-hydrogen) atoms. The standard InChI is InChI=1S/C15H15FO2/c1-3-18-12-6-4-11(5-7-12)13-9-14(16)15(17)8-10(13)2/h4-9,17H,3H2,1-2H3. The van der Waals surface area contributed by atoms with Crippen molar-refractivity contribution >= 4 is 0 Å². The second-order valence-corrected chi connectivity index (χ2v) is 4.08. The molecule has 2 nitrogen and oxygen atoms in total. The summed E-state index contributed by atoms with van der Waals surface area (Å²) in [4.78, 5) is 0. The molecule has 2 aromatic rings. The van der Waals surface area contributed by atoms with Crippen molar-refractivity contribution in [3.63, 3.8) is 0 Å². The minimum absolute atomic E-state index is 0.317. The Morgan fingerprint density at radius 3 is 2.44 bits per heavy atom. The molecule has 0 heterocycles.